The normalized spacial score (nSPS) is 11.0. The molecule has 0 spiro atoms. The number of methoxy groups -OCH3 is 1. The molecule has 6 nitrogen and oxygen atoms in total. The Labute approximate surface area is 177 Å². The van der Waals surface area contributed by atoms with E-state index in [1.807, 2.05) is 26.0 Å². The molecule has 0 aromatic heterocycles. The van der Waals surface area contributed by atoms with Crippen LogP contribution in [0.25, 0.3) is 0 Å². The van der Waals surface area contributed by atoms with Gasteiger partial charge in [-0.2, -0.15) is 0 Å². The Morgan fingerprint density at radius 2 is 1.63 bits per heavy atom. The second-order valence-electron chi connectivity index (χ2n) is 6.86. The smallest absolute Gasteiger partial charge is 0.264 e. The van der Waals surface area contributed by atoms with E-state index in [-0.39, 0.29) is 11.4 Å². The van der Waals surface area contributed by atoms with Crippen molar-refractivity contribution in [2.24, 2.45) is 0 Å². The zero-order chi connectivity index (χ0) is 21.7. The van der Waals surface area contributed by atoms with Crippen LogP contribution in [0.5, 0.6) is 5.75 Å². The topological polar surface area (TPSA) is 75.7 Å². The highest BCUT2D eigenvalue weighted by atomic mass is 32.2. The van der Waals surface area contributed by atoms with Gasteiger partial charge in [0.2, 0.25) is 5.91 Å². The number of sulfonamides is 1. The van der Waals surface area contributed by atoms with Gasteiger partial charge in [-0.3, -0.25) is 9.10 Å². The number of benzene rings is 3. The van der Waals surface area contributed by atoms with Gasteiger partial charge < -0.3 is 10.1 Å². The molecule has 7 heteroatoms. The van der Waals surface area contributed by atoms with E-state index < -0.39 is 15.9 Å². The summed E-state index contributed by atoms with van der Waals surface area (Å²) < 4.78 is 33.2. The minimum Gasteiger partial charge on any atom is -0.495 e. The van der Waals surface area contributed by atoms with Crippen molar-refractivity contribution in [2.45, 2.75) is 18.7 Å². The Kier molecular flexibility index (Phi) is 6.42. The number of nitrogens with one attached hydrogen (secondary N) is 1. The summed E-state index contributed by atoms with van der Waals surface area (Å²) in [6.07, 6.45) is 0. The average molecular weight is 425 g/mol. The van der Waals surface area contributed by atoms with Crippen molar-refractivity contribution in [3.63, 3.8) is 0 Å². The molecule has 0 radical (unpaired) electrons. The van der Waals surface area contributed by atoms with Crippen molar-refractivity contribution < 1.29 is 17.9 Å². The first-order valence-corrected chi connectivity index (χ1v) is 10.8. The molecule has 0 aliphatic carbocycles. The van der Waals surface area contributed by atoms with Crippen LogP contribution in [0.2, 0.25) is 0 Å². The summed E-state index contributed by atoms with van der Waals surface area (Å²) in [5, 5.41) is 2.75. The van der Waals surface area contributed by atoms with E-state index >= 15 is 0 Å². The number of hydrogen-bond acceptors (Lipinski definition) is 4. The number of nitrogens with zero attached hydrogens (tertiary/aromatic N) is 1. The lowest BCUT2D eigenvalue weighted by Gasteiger charge is -2.26. The van der Waals surface area contributed by atoms with Crippen LogP contribution >= 0.6 is 0 Å². The Hall–Kier alpha value is -3.32. The molecule has 0 fully saturated rings. The van der Waals surface area contributed by atoms with E-state index in [4.69, 9.17) is 4.74 Å². The van der Waals surface area contributed by atoms with Gasteiger partial charge in [0.15, 0.2) is 0 Å². The largest absolute Gasteiger partial charge is 0.495 e. The number of hydrogen-bond donors (Lipinski definition) is 1. The van der Waals surface area contributed by atoms with Crippen LogP contribution in [-0.4, -0.2) is 28.0 Å². The lowest BCUT2D eigenvalue weighted by Crippen LogP contribution is -2.38. The van der Waals surface area contributed by atoms with Crippen LogP contribution < -0.4 is 14.4 Å². The molecule has 3 aromatic carbocycles. The summed E-state index contributed by atoms with van der Waals surface area (Å²) in [6, 6.07) is 20.5. The van der Waals surface area contributed by atoms with Crippen LogP contribution in [0.1, 0.15) is 11.1 Å². The second kappa shape index (κ2) is 9.00. The first-order chi connectivity index (χ1) is 14.3. The van der Waals surface area contributed by atoms with Crippen molar-refractivity contribution in [2.75, 3.05) is 23.3 Å². The third-order valence-electron chi connectivity index (χ3n) is 4.62. The monoisotopic (exact) mass is 424 g/mol. The van der Waals surface area contributed by atoms with Crippen LogP contribution in [0.15, 0.2) is 77.7 Å². The van der Waals surface area contributed by atoms with Crippen LogP contribution in [0.3, 0.4) is 0 Å². The molecular formula is C23H24N2O4S. The predicted octanol–water partition coefficient (Wildman–Crippen LogP) is 4.15. The molecule has 156 valence electrons. The zero-order valence-corrected chi connectivity index (χ0v) is 17.9. The van der Waals surface area contributed by atoms with Crippen LogP contribution in [0, 0.1) is 13.8 Å². The molecule has 30 heavy (non-hydrogen) atoms. The number of para-hydroxylation sites is 2. The molecule has 0 saturated carbocycles. The molecule has 3 aromatic rings. The lowest BCUT2D eigenvalue weighted by atomic mass is 10.1. The van der Waals surface area contributed by atoms with Crippen molar-refractivity contribution in [3.8, 4) is 5.75 Å². The first kappa shape index (κ1) is 21.4. The predicted molar refractivity (Wildman–Crippen MR) is 119 cm³/mol. The van der Waals surface area contributed by atoms with Gasteiger partial charge in [-0.1, -0.05) is 48.0 Å². The van der Waals surface area contributed by atoms with Gasteiger partial charge in [0.1, 0.15) is 12.3 Å². The Morgan fingerprint density at radius 3 is 2.30 bits per heavy atom. The first-order valence-electron chi connectivity index (χ1n) is 9.41. The molecule has 0 heterocycles. The van der Waals surface area contributed by atoms with E-state index in [2.05, 4.69) is 5.32 Å². The third-order valence-corrected chi connectivity index (χ3v) is 6.39. The fourth-order valence-electron chi connectivity index (χ4n) is 3.17. The van der Waals surface area contributed by atoms with Gasteiger partial charge in [-0.05, 0) is 49.7 Å². The maximum Gasteiger partial charge on any atom is 0.264 e. The number of amides is 1. The van der Waals surface area contributed by atoms with Crippen LogP contribution in [0.4, 0.5) is 11.4 Å². The van der Waals surface area contributed by atoms with E-state index in [0.717, 1.165) is 15.4 Å². The number of anilines is 2. The Morgan fingerprint density at radius 1 is 0.967 bits per heavy atom. The van der Waals surface area contributed by atoms with E-state index in [0.29, 0.717) is 17.1 Å². The number of aryl methyl sites for hydroxylation is 2. The quantitative estimate of drug-likeness (QED) is 0.618. The molecule has 0 aliphatic rings. The minimum atomic E-state index is -3.95. The fraction of sp³-hybridized carbons (Fsp3) is 0.174. The molecule has 0 bridgehead atoms. The van der Waals surface area contributed by atoms with Gasteiger partial charge >= 0.3 is 0 Å². The molecule has 0 aliphatic heterocycles. The maximum atomic E-state index is 13.4. The third kappa shape index (κ3) is 4.63. The van der Waals surface area contributed by atoms with Crippen molar-refractivity contribution in [1.29, 1.82) is 0 Å². The molecule has 1 amide bonds. The number of rotatable bonds is 7. The highest BCUT2D eigenvalue weighted by Gasteiger charge is 2.28. The summed E-state index contributed by atoms with van der Waals surface area (Å²) in [5.41, 5.74) is 2.70. The lowest BCUT2D eigenvalue weighted by molar-refractivity contribution is -0.114. The molecule has 1 N–H and O–H groups in total. The van der Waals surface area contributed by atoms with Gasteiger partial charge in [0, 0.05) is 0 Å². The Balaban J connectivity index is 1.98. The Bertz CT molecular complexity index is 1140. The highest BCUT2D eigenvalue weighted by Crippen LogP contribution is 2.28. The summed E-state index contributed by atoms with van der Waals surface area (Å²) in [6.45, 7) is 3.38. The van der Waals surface area contributed by atoms with Crippen molar-refractivity contribution in [3.05, 3.63) is 83.9 Å². The van der Waals surface area contributed by atoms with Gasteiger partial charge in [0.05, 0.1) is 23.4 Å². The molecule has 3 rings (SSSR count). The van der Waals surface area contributed by atoms with E-state index in [9.17, 15) is 13.2 Å². The van der Waals surface area contributed by atoms with Gasteiger partial charge in [-0.25, -0.2) is 8.42 Å². The van der Waals surface area contributed by atoms with Gasteiger partial charge in [-0.15, -0.1) is 0 Å². The summed E-state index contributed by atoms with van der Waals surface area (Å²) in [5.74, 6) is 0.0221. The number of ether oxygens (including phenoxy) is 1. The summed E-state index contributed by atoms with van der Waals surface area (Å²) >= 11 is 0. The minimum absolute atomic E-state index is 0.120. The fourth-order valence-corrected chi connectivity index (χ4v) is 4.68. The van der Waals surface area contributed by atoms with Gasteiger partial charge in [0.25, 0.3) is 10.0 Å². The highest BCUT2D eigenvalue weighted by molar-refractivity contribution is 7.92. The molecule has 0 unspecified atom stereocenters. The van der Waals surface area contributed by atoms with E-state index in [1.54, 1.807) is 48.5 Å². The molecule has 0 saturated heterocycles. The standard InChI is InChI=1S/C23H24N2O4S/c1-17-13-14-21(18(2)15-17)25(30(27,28)19-9-5-4-6-10-19)16-23(26)24-20-11-7-8-12-22(20)29-3/h4-15H,16H2,1-3H3,(H,24,26). The average Bonchev–Trinajstić information content (AvgIpc) is 2.73. The van der Waals surface area contributed by atoms with Crippen molar-refractivity contribution >= 4 is 27.3 Å². The summed E-state index contributed by atoms with van der Waals surface area (Å²) in [7, 11) is -2.44. The second-order valence-corrected chi connectivity index (χ2v) is 8.73. The zero-order valence-electron chi connectivity index (χ0n) is 17.1. The van der Waals surface area contributed by atoms with Crippen molar-refractivity contribution in [1.82, 2.24) is 0 Å². The SMILES string of the molecule is COc1ccccc1NC(=O)CN(c1ccc(C)cc1C)S(=O)(=O)c1ccccc1. The van der Waals surface area contributed by atoms with Crippen LogP contribution in [-0.2, 0) is 14.8 Å². The number of carbonyl (C=O) groups excluding carboxylic acids is 1. The summed E-state index contributed by atoms with van der Waals surface area (Å²) in [4.78, 5) is 13.0. The maximum absolute atomic E-state index is 13.4. The number of carbonyl (C=O) groups is 1. The van der Waals surface area contributed by atoms with E-state index in [1.165, 1.54) is 19.2 Å². The molecular weight excluding hydrogens is 400 g/mol. The molecule has 0 atom stereocenters.